The first-order valence-corrected chi connectivity index (χ1v) is 7.86. The van der Waals surface area contributed by atoms with Crippen molar-refractivity contribution in [1.82, 2.24) is 0 Å². The molecule has 2 atom stereocenters. The molecule has 108 valence electrons. The van der Waals surface area contributed by atoms with Crippen LogP contribution in [-0.4, -0.2) is 23.4 Å². The van der Waals surface area contributed by atoms with E-state index in [9.17, 15) is 5.11 Å². The average Bonchev–Trinajstić information content (AvgIpc) is 2.79. The minimum atomic E-state index is -0.277. The Morgan fingerprint density at radius 3 is 2.95 bits per heavy atom. The maximum atomic E-state index is 9.84. The second-order valence-corrected chi connectivity index (χ2v) is 6.53. The summed E-state index contributed by atoms with van der Waals surface area (Å²) in [5.41, 5.74) is 2.47. The summed E-state index contributed by atoms with van der Waals surface area (Å²) in [6, 6.07) is 6.16. The molecule has 0 bridgehead atoms. The van der Waals surface area contributed by atoms with Crippen molar-refractivity contribution in [3.8, 4) is 5.75 Å². The Morgan fingerprint density at radius 2 is 2.15 bits per heavy atom. The third-order valence-corrected chi connectivity index (χ3v) is 5.18. The molecule has 20 heavy (non-hydrogen) atoms. The minimum Gasteiger partial charge on any atom is -0.490 e. The number of aryl methyl sites for hydroxylation is 1. The summed E-state index contributed by atoms with van der Waals surface area (Å²) in [5, 5.41) is 9.84. The van der Waals surface area contributed by atoms with Gasteiger partial charge in [0.05, 0.1) is 18.3 Å². The Kier molecular flexibility index (Phi) is 3.00. The van der Waals surface area contributed by atoms with E-state index in [1.165, 1.54) is 24.8 Å². The lowest BCUT2D eigenvalue weighted by atomic mass is 9.74. The number of benzene rings is 1. The Morgan fingerprint density at radius 1 is 1.25 bits per heavy atom. The highest BCUT2D eigenvalue weighted by molar-refractivity contribution is 5.40. The number of hydrogen-bond acceptors (Lipinski definition) is 3. The van der Waals surface area contributed by atoms with Crippen LogP contribution in [0.15, 0.2) is 18.2 Å². The van der Waals surface area contributed by atoms with E-state index >= 15 is 0 Å². The second kappa shape index (κ2) is 4.74. The highest BCUT2D eigenvalue weighted by Crippen LogP contribution is 2.43. The van der Waals surface area contributed by atoms with Crippen LogP contribution < -0.4 is 4.74 Å². The van der Waals surface area contributed by atoms with Crippen LogP contribution in [0, 0.1) is 0 Å². The quantitative estimate of drug-likeness (QED) is 0.900. The predicted molar refractivity (Wildman–Crippen MR) is 75.9 cm³/mol. The number of ether oxygens (including phenoxy) is 2. The van der Waals surface area contributed by atoms with E-state index < -0.39 is 0 Å². The molecular weight excluding hydrogens is 252 g/mol. The topological polar surface area (TPSA) is 38.7 Å². The van der Waals surface area contributed by atoms with Crippen molar-refractivity contribution in [2.24, 2.45) is 0 Å². The Balaban J connectivity index is 1.46. The third kappa shape index (κ3) is 2.13. The fourth-order valence-corrected chi connectivity index (χ4v) is 3.84. The molecule has 2 aliphatic carbocycles. The molecule has 0 amide bonds. The van der Waals surface area contributed by atoms with Gasteiger partial charge >= 0.3 is 0 Å². The van der Waals surface area contributed by atoms with Gasteiger partial charge in [-0.2, -0.15) is 0 Å². The van der Waals surface area contributed by atoms with Crippen LogP contribution in [0.3, 0.4) is 0 Å². The lowest BCUT2D eigenvalue weighted by molar-refractivity contribution is -0.153. The standard InChI is InChI=1S/C17H22O3/c18-16-5-2-12-10-13(3-4-15(12)16)20-14-6-9-19-17(11-14)7-1-8-17/h3-4,10,14,16,18H,1-2,5-9,11H2. The first-order chi connectivity index (χ1) is 9.74. The molecule has 1 aromatic carbocycles. The van der Waals surface area contributed by atoms with Gasteiger partial charge in [0.1, 0.15) is 11.9 Å². The van der Waals surface area contributed by atoms with Crippen LogP contribution in [0.25, 0.3) is 0 Å². The van der Waals surface area contributed by atoms with Crippen molar-refractivity contribution in [2.75, 3.05) is 6.61 Å². The summed E-state index contributed by atoms with van der Waals surface area (Å²) in [6.45, 7) is 0.828. The normalized spacial score (nSPS) is 30.9. The Hall–Kier alpha value is -1.06. The van der Waals surface area contributed by atoms with Crippen LogP contribution in [-0.2, 0) is 11.2 Å². The molecule has 1 N–H and O–H groups in total. The number of aliphatic hydroxyl groups is 1. The van der Waals surface area contributed by atoms with Gasteiger partial charge < -0.3 is 14.6 Å². The molecule has 1 aromatic rings. The fourth-order valence-electron chi connectivity index (χ4n) is 3.84. The molecular formula is C17H22O3. The fraction of sp³-hybridized carbons (Fsp3) is 0.647. The second-order valence-electron chi connectivity index (χ2n) is 6.53. The van der Waals surface area contributed by atoms with Gasteiger partial charge in [-0.25, -0.2) is 0 Å². The van der Waals surface area contributed by atoms with Crippen LogP contribution in [0.1, 0.15) is 55.8 Å². The molecule has 0 aromatic heterocycles. The first kappa shape index (κ1) is 12.7. The van der Waals surface area contributed by atoms with E-state index in [2.05, 4.69) is 6.07 Å². The molecule has 3 heteroatoms. The van der Waals surface area contributed by atoms with Crippen LogP contribution in [0.5, 0.6) is 5.75 Å². The molecule has 1 spiro atoms. The smallest absolute Gasteiger partial charge is 0.120 e. The number of hydrogen-bond donors (Lipinski definition) is 1. The number of rotatable bonds is 2. The van der Waals surface area contributed by atoms with Crippen molar-refractivity contribution in [1.29, 1.82) is 0 Å². The van der Waals surface area contributed by atoms with E-state index in [0.29, 0.717) is 0 Å². The molecule has 2 fully saturated rings. The highest BCUT2D eigenvalue weighted by Gasteiger charge is 2.43. The van der Waals surface area contributed by atoms with Gasteiger partial charge in [-0.15, -0.1) is 0 Å². The Bertz CT molecular complexity index is 507. The van der Waals surface area contributed by atoms with Gasteiger partial charge in [0.25, 0.3) is 0 Å². The molecule has 1 saturated heterocycles. The van der Waals surface area contributed by atoms with Crippen molar-refractivity contribution < 1.29 is 14.6 Å². The number of aliphatic hydroxyl groups excluding tert-OH is 1. The average molecular weight is 274 g/mol. The summed E-state index contributed by atoms with van der Waals surface area (Å²) in [5.74, 6) is 0.958. The minimum absolute atomic E-state index is 0.135. The van der Waals surface area contributed by atoms with E-state index in [0.717, 1.165) is 43.6 Å². The molecule has 1 saturated carbocycles. The molecule has 1 heterocycles. The third-order valence-electron chi connectivity index (χ3n) is 5.18. The first-order valence-electron chi connectivity index (χ1n) is 7.86. The van der Waals surface area contributed by atoms with Crippen molar-refractivity contribution >= 4 is 0 Å². The van der Waals surface area contributed by atoms with Crippen molar-refractivity contribution in [3.63, 3.8) is 0 Å². The maximum Gasteiger partial charge on any atom is 0.120 e. The molecule has 2 unspecified atom stereocenters. The van der Waals surface area contributed by atoms with Gasteiger partial charge in [0.15, 0.2) is 0 Å². The van der Waals surface area contributed by atoms with Gasteiger partial charge in [0.2, 0.25) is 0 Å². The largest absolute Gasteiger partial charge is 0.490 e. The highest BCUT2D eigenvalue weighted by atomic mass is 16.5. The lowest BCUT2D eigenvalue weighted by Crippen LogP contribution is -2.48. The van der Waals surface area contributed by atoms with Crippen LogP contribution >= 0.6 is 0 Å². The zero-order chi connectivity index (χ0) is 13.6. The maximum absolute atomic E-state index is 9.84. The van der Waals surface area contributed by atoms with Crippen LogP contribution in [0.4, 0.5) is 0 Å². The predicted octanol–water partition coefficient (Wildman–Crippen LogP) is 3.15. The monoisotopic (exact) mass is 274 g/mol. The van der Waals surface area contributed by atoms with Gasteiger partial charge in [-0.3, -0.25) is 0 Å². The zero-order valence-electron chi connectivity index (χ0n) is 11.8. The zero-order valence-corrected chi connectivity index (χ0v) is 11.8. The summed E-state index contributed by atoms with van der Waals surface area (Å²) in [4.78, 5) is 0. The van der Waals surface area contributed by atoms with E-state index in [4.69, 9.17) is 9.47 Å². The summed E-state index contributed by atoms with van der Waals surface area (Å²) in [6.07, 6.45) is 7.53. The van der Waals surface area contributed by atoms with E-state index in [-0.39, 0.29) is 17.8 Å². The molecule has 1 aliphatic heterocycles. The van der Waals surface area contributed by atoms with Gasteiger partial charge in [0, 0.05) is 12.8 Å². The van der Waals surface area contributed by atoms with Crippen molar-refractivity contribution in [3.05, 3.63) is 29.3 Å². The molecule has 3 aliphatic rings. The van der Waals surface area contributed by atoms with Gasteiger partial charge in [-0.05, 0) is 55.4 Å². The van der Waals surface area contributed by atoms with Gasteiger partial charge in [-0.1, -0.05) is 6.07 Å². The lowest BCUT2D eigenvalue weighted by Gasteiger charge is -2.46. The number of fused-ring (bicyclic) bond motifs is 1. The summed E-state index contributed by atoms with van der Waals surface area (Å²) in [7, 11) is 0. The van der Waals surface area contributed by atoms with E-state index in [1.807, 2.05) is 12.1 Å². The van der Waals surface area contributed by atoms with Crippen LogP contribution in [0.2, 0.25) is 0 Å². The summed E-state index contributed by atoms with van der Waals surface area (Å²) >= 11 is 0. The molecule has 3 nitrogen and oxygen atoms in total. The molecule has 0 radical (unpaired) electrons. The van der Waals surface area contributed by atoms with E-state index in [1.54, 1.807) is 0 Å². The molecule has 4 rings (SSSR count). The SMILES string of the molecule is OC1CCc2cc(OC3CCOC4(CCC4)C3)ccc21. The Labute approximate surface area is 119 Å². The summed E-state index contributed by atoms with van der Waals surface area (Å²) < 4.78 is 12.1. The van der Waals surface area contributed by atoms with Crippen molar-refractivity contribution in [2.45, 2.75) is 62.8 Å².